The second-order valence-electron chi connectivity index (χ2n) is 4.43. The number of nitrogens with zero attached hydrogens (tertiary/aromatic N) is 1. The van der Waals surface area contributed by atoms with Crippen molar-refractivity contribution in [3.63, 3.8) is 0 Å². The molecular formula is C14H16N2O3. The molecule has 2 rings (SSSR count). The molecule has 1 aromatic heterocycles. The molecule has 19 heavy (non-hydrogen) atoms. The smallest absolute Gasteiger partial charge is 0.307 e. The van der Waals surface area contributed by atoms with E-state index >= 15 is 0 Å². The van der Waals surface area contributed by atoms with Gasteiger partial charge in [-0.2, -0.15) is 0 Å². The van der Waals surface area contributed by atoms with E-state index < -0.39 is 5.97 Å². The number of aryl methyl sites for hydroxylation is 1. The maximum Gasteiger partial charge on any atom is 0.307 e. The van der Waals surface area contributed by atoms with Gasteiger partial charge in [0.05, 0.1) is 18.7 Å². The molecule has 5 heteroatoms. The SMILES string of the molecule is Cc1cc(CNCc2ccc(CC(=O)O)cc2)on1. The van der Waals surface area contributed by atoms with Crippen molar-refractivity contribution >= 4 is 5.97 Å². The van der Waals surface area contributed by atoms with Crippen LogP contribution in [0, 0.1) is 6.92 Å². The van der Waals surface area contributed by atoms with Crippen molar-refractivity contribution in [2.75, 3.05) is 0 Å². The van der Waals surface area contributed by atoms with E-state index in [1.807, 2.05) is 37.3 Å². The number of benzene rings is 1. The molecule has 0 saturated heterocycles. The van der Waals surface area contributed by atoms with Crippen LogP contribution in [-0.2, 0) is 24.3 Å². The van der Waals surface area contributed by atoms with Gasteiger partial charge in [0, 0.05) is 12.6 Å². The van der Waals surface area contributed by atoms with Crippen molar-refractivity contribution in [3.8, 4) is 0 Å². The van der Waals surface area contributed by atoms with Crippen LogP contribution in [0.3, 0.4) is 0 Å². The fourth-order valence-electron chi connectivity index (χ4n) is 1.78. The van der Waals surface area contributed by atoms with E-state index in [1.54, 1.807) is 0 Å². The minimum Gasteiger partial charge on any atom is -0.481 e. The summed E-state index contributed by atoms with van der Waals surface area (Å²) in [5.74, 6) is -0.00781. The maximum atomic E-state index is 10.6. The lowest BCUT2D eigenvalue weighted by atomic mass is 10.1. The van der Waals surface area contributed by atoms with Gasteiger partial charge in [0.2, 0.25) is 0 Å². The fourth-order valence-corrected chi connectivity index (χ4v) is 1.78. The number of aromatic nitrogens is 1. The molecular weight excluding hydrogens is 244 g/mol. The minimum atomic E-state index is -0.813. The van der Waals surface area contributed by atoms with Crippen LogP contribution in [0.4, 0.5) is 0 Å². The largest absolute Gasteiger partial charge is 0.481 e. The Labute approximate surface area is 111 Å². The number of aliphatic carboxylic acids is 1. The Balaban J connectivity index is 1.81. The van der Waals surface area contributed by atoms with Gasteiger partial charge in [-0.25, -0.2) is 0 Å². The molecule has 0 atom stereocenters. The number of carboxylic acid groups (broad SMARTS) is 1. The van der Waals surface area contributed by atoms with Crippen LogP contribution in [0.5, 0.6) is 0 Å². The van der Waals surface area contributed by atoms with Gasteiger partial charge in [0.1, 0.15) is 0 Å². The number of hydrogen-bond donors (Lipinski definition) is 2. The zero-order chi connectivity index (χ0) is 13.7. The molecule has 5 nitrogen and oxygen atoms in total. The summed E-state index contributed by atoms with van der Waals surface area (Å²) in [6.07, 6.45) is 0.0606. The highest BCUT2D eigenvalue weighted by molar-refractivity contribution is 5.70. The van der Waals surface area contributed by atoms with Gasteiger partial charge in [-0.1, -0.05) is 29.4 Å². The maximum absolute atomic E-state index is 10.6. The van der Waals surface area contributed by atoms with Crippen molar-refractivity contribution in [3.05, 3.63) is 52.9 Å². The summed E-state index contributed by atoms with van der Waals surface area (Å²) in [6, 6.07) is 9.42. The zero-order valence-corrected chi connectivity index (χ0v) is 10.7. The molecule has 0 aliphatic heterocycles. The Bertz CT molecular complexity index is 546. The van der Waals surface area contributed by atoms with Crippen LogP contribution < -0.4 is 5.32 Å². The van der Waals surface area contributed by atoms with Gasteiger partial charge in [0.15, 0.2) is 5.76 Å². The summed E-state index contributed by atoms with van der Waals surface area (Å²) in [7, 11) is 0. The quantitative estimate of drug-likeness (QED) is 0.829. The number of hydrogen-bond acceptors (Lipinski definition) is 4. The van der Waals surface area contributed by atoms with Gasteiger partial charge in [-0.3, -0.25) is 4.79 Å². The molecule has 0 aliphatic rings. The third-order valence-corrected chi connectivity index (χ3v) is 2.68. The molecule has 0 unspecified atom stereocenters. The van der Waals surface area contributed by atoms with Gasteiger partial charge >= 0.3 is 5.97 Å². The molecule has 1 heterocycles. The van der Waals surface area contributed by atoms with E-state index in [-0.39, 0.29) is 6.42 Å². The van der Waals surface area contributed by atoms with Crippen LogP contribution in [-0.4, -0.2) is 16.2 Å². The first kappa shape index (κ1) is 13.3. The summed E-state index contributed by atoms with van der Waals surface area (Å²) < 4.78 is 5.09. The van der Waals surface area contributed by atoms with E-state index in [2.05, 4.69) is 10.5 Å². The lowest BCUT2D eigenvalue weighted by Crippen LogP contribution is -2.12. The Morgan fingerprint density at radius 1 is 1.26 bits per heavy atom. The van der Waals surface area contributed by atoms with Crippen molar-refractivity contribution in [1.29, 1.82) is 0 Å². The van der Waals surface area contributed by atoms with Crippen molar-refractivity contribution in [1.82, 2.24) is 10.5 Å². The molecule has 0 saturated carbocycles. The molecule has 0 amide bonds. The van der Waals surface area contributed by atoms with E-state index in [0.717, 1.165) is 22.6 Å². The summed E-state index contributed by atoms with van der Waals surface area (Å²) in [5, 5.41) is 15.7. The Hall–Kier alpha value is -2.14. The summed E-state index contributed by atoms with van der Waals surface area (Å²) in [6.45, 7) is 3.21. The van der Waals surface area contributed by atoms with Crippen LogP contribution >= 0.6 is 0 Å². The molecule has 0 spiro atoms. The highest BCUT2D eigenvalue weighted by atomic mass is 16.5. The van der Waals surface area contributed by atoms with Crippen molar-refractivity contribution in [2.24, 2.45) is 0 Å². The second kappa shape index (κ2) is 6.15. The minimum absolute atomic E-state index is 0.0606. The van der Waals surface area contributed by atoms with Crippen molar-refractivity contribution < 1.29 is 14.4 Å². The number of carboxylic acids is 1. The average Bonchev–Trinajstić information content (AvgIpc) is 2.77. The highest BCUT2D eigenvalue weighted by Gasteiger charge is 2.02. The Kier molecular flexibility index (Phi) is 4.30. The molecule has 100 valence electrons. The van der Waals surface area contributed by atoms with Crippen LogP contribution in [0.15, 0.2) is 34.9 Å². The zero-order valence-electron chi connectivity index (χ0n) is 10.7. The lowest BCUT2D eigenvalue weighted by Gasteiger charge is -2.04. The third-order valence-electron chi connectivity index (χ3n) is 2.68. The fraction of sp³-hybridized carbons (Fsp3) is 0.286. The number of rotatable bonds is 6. The lowest BCUT2D eigenvalue weighted by molar-refractivity contribution is -0.136. The Morgan fingerprint density at radius 2 is 1.95 bits per heavy atom. The van der Waals surface area contributed by atoms with Crippen molar-refractivity contribution in [2.45, 2.75) is 26.4 Å². The topological polar surface area (TPSA) is 75.4 Å². The summed E-state index contributed by atoms with van der Waals surface area (Å²) in [5.41, 5.74) is 2.78. The molecule has 0 bridgehead atoms. The van der Waals surface area contributed by atoms with Gasteiger partial charge < -0.3 is 14.9 Å². The van der Waals surface area contributed by atoms with Gasteiger partial charge in [0.25, 0.3) is 0 Å². The third kappa shape index (κ3) is 4.22. The predicted molar refractivity (Wildman–Crippen MR) is 69.6 cm³/mol. The molecule has 0 aliphatic carbocycles. The van der Waals surface area contributed by atoms with E-state index in [0.29, 0.717) is 13.1 Å². The first-order valence-corrected chi connectivity index (χ1v) is 6.06. The molecule has 1 aromatic carbocycles. The van der Waals surface area contributed by atoms with Crippen LogP contribution in [0.1, 0.15) is 22.6 Å². The average molecular weight is 260 g/mol. The predicted octanol–water partition coefficient (Wildman–Crippen LogP) is 1.90. The normalized spacial score (nSPS) is 10.6. The molecule has 2 aromatic rings. The van der Waals surface area contributed by atoms with Gasteiger partial charge in [-0.15, -0.1) is 0 Å². The van der Waals surface area contributed by atoms with Crippen LogP contribution in [0.2, 0.25) is 0 Å². The highest BCUT2D eigenvalue weighted by Crippen LogP contribution is 2.06. The first-order chi connectivity index (χ1) is 9.13. The second-order valence-corrected chi connectivity index (χ2v) is 4.43. The number of nitrogens with one attached hydrogen (secondary N) is 1. The summed E-state index contributed by atoms with van der Waals surface area (Å²) in [4.78, 5) is 10.6. The molecule has 2 N–H and O–H groups in total. The van der Waals surface area contributed by atoms with E-state index in [1.165, 1.54) is 0 Å². The van der Waals surface area contributed by atoms with Crippen LogP contribution in [0.25, 0.3) is 0 Å². The Morgan fingerprint density at radius 3 is 2.53 bits per heavy atom. The number of carbonyl (C=O) groups is 1. The standard InChI is InChI=1S/C14H16N2O3/c1-10-6-13(19-16-10)9-15-8-12-4-2-11(3-5-12)7-14(17)18/h2-6,15H,7-9H2,1H3,(H,17,18). The van der Waals surface area contributed by atoms with Gasteiger partial charge in [-0.05, 0) is 18.1 Å². The first-order valence-electron chi connectivity index (χ1n) is 6.06. The van der Waals surface area contributed by atoms with E-state index in [4.69, 9.17) is 9.63 Å². The summed E-state index contributed by atoms with van der Waals surface area (Å²) >= 11 is 0. The molecule has 0 fully saturated rings. The monoisotopic (exact) mass is 260 g/mol. The van der Waals surface area contributed by atoms with E-state index in [9.17, 15) is 4.79 Å². The molecule has 0 radical (unpaired) electrons.